The molecule has 0 spiro atoms. The van der Waals surface area contributed by atoms with Crippen molar-refractivity contribution in [3.63, 3.8) is 0 Å². The summed E-state index contributed by atoms with van der Waals surface area (Å²) < 4.78 is 3.29. The van der Waals surface area contributed by atoms with Crippen LogP contribution in [0.2, 0.25) is 0 Å². The summed E-state index contributed by atoms with van der Waals surface area (Å²) in [6.45, 7) is 7.16. The summed E-state index contributed by atoms with van der Waals surface area (Å²) in [5.74, 6) is 0.933. The van der Waals surface area contributed by atoms with Crippen molar-refractivity contribution < 1.29 is 0 Å². The van der Waals surface area contributed by atoms with Gasteiger partial charge in [0, 0.05) is 17.2 Å². The van der Waals surface area contributed by atoms with E-state index in [1.807, 2.05) is 13.0 Å². The summed E-state index contributed by atoms with van der Waals surface area (Å²) in [5, 5.41) is 3.30. The van der Waals surface area contributed by atoms with Gasteiger partial charge in [-0.25, -0.2) is 4.98 Å². The van der Waals surface area contributed by atoms with E-state index in [9.17, 15) is 0 Å². The van der Waals surface area contributed by atoms with Gasteiger partial charge in [-0.1, -0.05) is 28.1 Å². The van der Waals surface area contributed by atoms with Gasteiger partial charge >= 0.3 is 0 Å². The smallest absolute Gasteiger partial charge is 0.203 e. The van der Waals surface area contributed by atoms with Gasteiger partial charge < -0.3 is 9.88 Å². The van der Waals surface area contributed by atoms with Crippen molar-refractivity contribution in [3.05, 3.63) is 46.2 Å². The zero-order chi connectivity index (χ0) is 13.1. The second kappa shape index (κ2) is 5.57. The first-order chi connectivity index (χ1) is 8.61. The van der Waals surface area contributed by atoms with E-state index >= 15 is 0 Å². The second-order valence-electron chi connectivity index (χ2n) is 4.37. The Morgan fingerprint density at radius 3 is 2.89 bits per heavy atom. The van der Waals surface area contributed by atoms with Crippen molar-refractivity contribution in [1.29, 1.82) is 0 Å². The van der Waals surface area contributed by atoms with Crippen LogP contribution >= 0.6 is 15.9 Å². The van der Waals surface area contributed by atoms with Gasteiger partial charge in [-0.15, -0.1) is 0 Å². The molecule has 18 heavy (non-hydrogen) atoms. The number of aryl methyl sites for hydroxylation is 1. The molecule has 0 aliphatic rings. The largest absolute Gasteiger partial charge is 0.356 e. The van der Waals surface area contributed by atoms with Crippen molar-refractivity contribution in [2.75, 3.05) is 11.9 Å². The lowest BCUT2D eigenvalue weighted by Gasteiger charge is -2.17. The quantitative estimate of drug-likeness (QED) is 0.925. The van der Waals surface area contributed by atoms with Crippen molar-refractivity contribution in [2.24, 2.45) is 0 Å². The Balaban J connectivity index is 2.36. The van der Waals surface area contributed by atoms with Gasteiger partial charge in [-0.2, -0.15) is 0 Å². The third-order valence-electron chi connectivity index (χ3n) is 2.94. The minimum atomic E-state index is 0.262. The first-order valence-electron chi connectivity index (χ1n) is 6.16. The summed E-state index contributed by atoms with van der Waals surface area (Å²) in [4.78, 5) is 4.51. The van der Waals surface area contributed by atoms with Crippen LogP contribution in [-0.2, 0) is 0 Å². The van der Waals surface area contributed by atoms with Crippen LogP contribution in [0.3, 0.4) is 0 Å². The fourth-order valence-corrected chi connectivity index (χ4v) is 2.44. The van der Waals surface area contributed by atoms with Gasteiger partial charge in [0.1, 0.15) is 0 Å². The van der Waals surface area contributed by atoms with E-state index in [-0.39, 0.29) is 6.04 Å². The number of aromatic nitrogens is 2. The highest BCUT2D eigenvalue weighted by Gasteiger charge is 2.13. The van der Waals surface area contributed by atoms with Crippen LogP contribution in [0.4, 0.5) is 5.95 Å². The standard InChI is InChI=1S/C14H18BrN3/c1-4-16-14-17-10(2)9-18(14)11(3)12-6-5-7-13(15)8-12/h5-9,11H,4H2,1-3H3,(H,16,17). The first-order valence-corrected chi connectivity index (χ1v) is 6.96. The molecule has 0 radical (unpaired) electrons. The van der Waals surface area contributed by atoms with Crippen LogP contribution in [0.15, 0.2) is 34.9 Å². The van der Waals surface area contributed by atoms with Crippen LogP contribution in [0, 0.1) is 6.92 Å². The fraction of sp³-hybridized carbons (Fsp3) is 0.357. The van der Waals surface area contributed by atoms with Crippen LogP contribution in [0.25, 0.3) is 0 Å². The normalized spacial score (nSPS) is 12.4. The van der Waals surface area contributed by atoms with Gasteiger partial charge in [0.25, 0.3) is 0 Å². The van der Waals surface area contributed by atoms with Gasteiger partial charge in [-0.3, -0.25) is 0 Å². The lowest BCUT2D eigenvalue weighted by molar-refractivity contribution is 0.643. The first kappa shape index (κ1) is 13.1. The number of hydrogen-bond donors (Lipinski definition) is 1. The molecule has 0 fully saturated rings. The molecular weight excluding hydrogens is 290 g/mol. The molecule has 0 aliphatic carbocycles. The minimum Gasteiger partial charge on any atom is -0.356 e. The van der Waals surface area contributed by atoms with E-state index in [0.717, 1.165) is 22.7 Å². The molecule has 0 aliphatic heterocycles. The maximum absolute atomic E-state index is 4.51. The predicted octanol–water partition coefficient (Wildman–Crippen LogP) is 4.00. The number of anilines is 1. The van der Waals surface area contributed by atoms with Crippen LogP contribution < -0.4 is 5.32 Å². The number of halogens is 1. The zero-order valence-corrected chi connectivity index (χ0v) is 12.5. The number of nitrogens with one attached hydrogen (secondary N) is 1. The summed E-state index contributed by atoms with van der Waals surface area (Å²) in [6, 6.07) is 8.65. The van der Waals surface area contributed by atoms with E-state index in [1.165, 1.54) is 5.56 Å². The number of benzene rings is 1. The van der Waals surface area contributed by atoms with Gasteiger partial charge in [-0.05, 0) is 38.5 Å². The average Bonchev–Trinajstić information content (AvgIpc) is 2.70. The molecule has 1 unspecified atom stereocenters. The van der Waals surface area contributed by atoms with Crippen LogP contribution in [0.1, 0.15) is 31.1 Å². The fourth-order valence-electron chi connectivity index (χ4n) is 2.03. The monoisotopic (exact) mass is 307 g/mol. The molecule has 0 bridgehead atoms. The van der Waals surface area contributed by atoms with Crippen molar-refractivity contribution in [2.45, 2.75) is 26.8 Å². The summed E-state index contributed by atoms with van der Waals surface area (Å²) in [5.41, 5.74) is 2.30. The Morgan fingerprint density at radius 1 is 1.44 bits per heavy atom. The molecule has 1 N–H and O–H groups in total. The molecule has 0 amide bonds. The SMILES string of the molecule is CCNc1nc(C)cn1C(C)c1cccc(Br)c1. The van der Waals surface area contributed by atoms with Crippen molar-refractivity contribution in [3.8, 4) is 0 Å². The lowest BCUT2D eigenvalue weighted by atomic mass is 10.1. The molecule has 96 valence electrons. The zero-order valence-electron chi connectivity index (χ0n) is 10.9. The molecule has 1 aromatic carbocycles. The highest BCUT2D eigenvalue weighted by molar-refractivity contribution is 9.10. The lowest BCUT2D eigenvalue weighted by Crippen LogP contribution is -2.11. The molecule has 0 saturated carbocycles. The molecular formula is C14H18BrN3. The molecule has 2 aromatic rings. The Morgan fingerprint density at radius 2 is 2.22 bits per heavy atom. The minimum absolute atomic E-state index is 0.262. The predicted molar refractivity (Wildman–Crippen MR) is 79.1 cm³/mol. The van der Waals surface area contributed by atoms with E-state index in [1.54, 1.807) is 0 Å². The molecule has 3 nitrogen and oxygen atoms in total. The highest BCUT2D eigenvalue weighted by Crippen LogP contribution is 2.24. The van der Waals surface area contributed by atoms with Gasteiger partial charge in [0.15, 0.2) is 0 Å². The number of rotatable bonds is 4. The summed E-state index contributed by atoms with van der Waals surface area (Å²) >= 11 is 3.52. The molecule has 0 saturated heterocycles. The van der Waals surface area contributed by atoms with Crippen LogP contribution in [-0.4, -0.2) is 16.1 Å². The highest BCUT2D eigenvalue weighted by atomic mass is 79.9. The van der Waals surface area contributed by atoms with E-state index < -0.39 is 0 Å². The van der Waals surface area contributed by atoms with Crippen LogP contribution in [0.5, 0.6) is 0 Å². The third-order valence-corrected chi connectivity index (χ3v) is 3.43. The third kappa shape index (κ3) is 2.75. The summed E-state index contributed by atoms with van der Waals surface area (Å²) in [7, 11) is 0. The van der Waals surface area contributed by atoms with Crippen molar-refractivity contribution >= 4 is 21.9 Å². The Bertz CT molecular complexity index is 534. The topological polar surface area (TPSA) is 29.9 Å². The Hall–Kier alpha value is -1.29. The Labute approximate surface area is 116 Å². The molecule has 2 rings (SSSR count). The maximum atomic E-state index is 4.51. The molecule has 1 aromatic heterocycles. The second-order valence-corrected chi connectivity index (χ2v) is 5.29. The van der Waals surface area contributed by atoms with Gasteiger partial charge in [0.2, 0.25) is 5.95 Å². The Kier molecular flexibility index (Phi) is 4.07. The van der Waals surface area contributed by atoms with Gasteiger partial charge in [0.05, 0.1) is 11.7 Å². The molecule has 4 heteroatoms. The average molecular weight is 308 g/mol. The molecule has 1 heterocycles. The van der Waals surface area contributed by atoms with E-state index in [2.05, 4.69) is 69.0 Å². The number of nitrogens with zero attached hydrogens (tertiary/aromatic N) is 2. The molecule has 1 atom stereocenters. The van der Waals surface area contributed by atoms with E-state index in [4.69, 9.17) is 0 Å². The summed E-state index contributed by atoms with van der Waals surface area (Å²) in [6.07, 6.45) is 2.09. The van der Waals surface area contributed by atoms with E-state index in [0.29, 0.717) is 0 Å². The number of hydrogen-bond acceptors (Lipinski definition) is 2. The maximum Gasteiger partial charge on any atom is 0.203 e. The number of imidazole rings is 1. The van der Waals surface area contributed by atoms with Crippen molar-refractivity contribution in [1.82, 2.24) is 9.55 Å².